The highest BCUT2D eigenvalue weighted by atomic mass is 16.4. The normalized spacial score (nSPS) is 25.2. The number of carboxylic acids is 1. The van der Waals surface area contributed by atoms with Gasteiger partial charge in [0.2, 0.25) is 0 Å². The molecular formula is C13H21N3O2. The van der Waals surface area contributed by atoms with Gasteiger partial charge in [-0.3, -0.25) is 4.79 Å². The highest BCUT2D eigenvalue weighted by Crippen LogP contribution is 2.30. The highest BCUT2D eigenvalue weighted by Gasteiger charge is 2.29. The van der Waals surface area contributed by atoms with Gasteiger partial charge in [-0.25, -0.2) is 4.98 Å². The van der Waals surface area contributed by atoms with Crippen molar-refractivity contribution < 1.29 is 9.90 Å². The first kappa shape index (κ1) is 13.1. The first-order chi connectivity index (χ1) is 8.66. The first-order valence-electron chi connectivity index (χ1n) is 6.62. The van der Waals surface area contributed by atoms with Crippen molar-refractivity contribution in [3.8, 4) is 0 Å². The van der Waals surface area contributed by atoms with Gasteiger partial charge in [0, 0.05) is 36.9 Å². The number of aliphatic carboxylic acids is 1. The van der Waals surface area contributed by atoms with Crippen LogP contribution in [0.5, 0.6) is 0 Å². The van der Waals surface area contributed by atoms with Gasteiger partial charge in [0.05, 0.1) is 6.33 Å². The number of aromatic nitrogens is 2. The van der Waals surface area contributed by atoms with Crippen LogP contribution in [0.1, 0.15) is 45.1 Å². The molecular weight excluding hydrogens is 230 g/mol. The second-order valence-corrected chi connectivity index (χ2v) is 5.11. The van der Waals surface area contributed by atoms with Crippen molar-refractivity contribution in [1.29, 1.82) is 0 Å². The SMILES string of the molecule is CC(CCC(=O)O)NC1CCCC1n1ccnc1. The number of hydrogen-bond acceptors (Lipinski definition) is 3. The molecule has 5 heteroatoms. The van der Waals surface area contributed by atoms with Crippen molar-refractivity contribution in [1.82, 2.24) is 14.9 Å². The third kappa shape index (κ3) is 3.32. The number of hydrogen-bond donors (Lipinski definition) is 2. The lowest BCUT2D eigenvalue weighted by Gasteiger charge is -2.25. The van der Waals surface area contributed by atoms with Gasteiger partial charge in [-0.2, -0.15) is 0 Å². The van der Waals surface area contributed by atoms with E-state index in [2.05, 4.69) is 21.8 Å². The van der Waals surface area contributed by atoms with Crippen molar-refractivity contribution in [3.05, 3.63) is 18.7 Å². The van der Waals surface area contributed by atoms with Crippen LogP contribution in [0.25, 0.3) is 0 Å². The summed E-state index contributed by atoms with van der Waals surface area (Å²) in [5.74, 6) is -0.721. The summed E-state index contributed by atoms with van der Waals surface area (Å²) in [4.78, 5) is 14.6. The quantitative estimate of drug-likeness (QED) is 0.809. The zero-order valence-corrected chi connectivity index (χ0v) is 10.7. The average Bonchev–Trinajstić information content (AvgIpc) is 2.95. The van der Waals surface area contributed by atoms with E-state index in [9.17, 15) is 4.79 Å². The smallest absolute Gasteiger partial charge is 0.303 e. The average molecular weight is 251 g/mol. The Morgan fingerprint density at radius 2 is 2.44 bits per heavy atom. The Hall–Kier alpha value is -1.36. The zero-order chi connectivity index (χ0) is 13.0. The van der Waals surface area contributed by atoms with E-state index < -0.39 is 5.97 Å². The van der Waals surface area contributed by atoms with Gasteiger partial charge < -0.3 is 15.0 Å². The van der Waals surface area contributed by atoms with E-state index in [1.54, 1.807) is 0 Å². The fraction of sp³-hybridized carbons (Fsp3) is 0.692. The zero-order valence-electron chi connectivity index (χ0n) is 10.7. The van der Waals surface area contributed by atoms with Crippen molar-refractivity contribution in [2.45, 2.75) is 57.2 Å². The number of imidazole rings is 1. The van der Waals surface area contributed by atoms with Gasteiger partial charge in [-0.05, 0) is 32.6 Å². The molecule has 1 aliphatic carbocycles. The Bertz CT molecular complexity index is 378. The van der Waals surface area contributed by atoms with Gasteiger partial charge >= 0.3 is 5.97 Å². The molecule has 0 saturated heterocycles. The van der Waals surface area contributed by atoms with Gasteiger partial charge in [-0.15, -0.1) is 0 Å². The summed E-state index contributed by atoms with van der Waals surface area (Å²) in [5, 5.41) is 12.2. The third-order valence-corrected chi connectivity index (χ3v) is 3.68. The maximum Gasteiger partial charge on any atom is 0.303 e. The van der Waals surface area contributed by atoms with E-state index >= 15 is 0 Å². The molecule has 0 spiro atoms. The van der Waals surface area contributed by atoms with Crippen molar-refractivity contribution in [2.24, 2.45) is 0 Å². The molecule has 5 nitrogen and oxygen atoms in total. The highest BCUT2D eigenvalue weighted by molar-refractivity contribution is 5.66. The standard InChI is InChI=1S/C13H21N3O2/c1-10(5-6-13(17)18)15-11-3-2-4-12(11)16-8-7-14-9-16/h7-12,15H,2-6H2,1H3,(H,17,18). The molecule has 18 heavy (non-hydrogen) atoms. The van der Waals surface area contributed by atoms with E-state index in [1.165, 1.54) is 12.8 Å². The minimum atomic E-state index is -0.721. The summed E-state index contributed by atoms with van der Waals surface area (Å²) in [6.07, 6.45) is 10.1. The molecule has 0 bridgehead atoms. The molecule has 0 amide bonds. The minimum Gasteiger partial charge on any atom is -0.481 e. The van der Waals surface area contributed by atoms with Crippen LogP contribution < -0.4 is 5.32 Å². The van der Waals surface area contributed by atoms with E-state index in [1.807, 2.05) is 18.7 Å². The maximum absolute atomic E-state index is 10.6. The van der Waals surface area contributed by atoms with Crippen LogP contribution in [0.2, 0.25) is 0 Å². The number of nitrogens with one attached hydrogen (secondary N) is 1. The maximum atomic E-state index is 10.6. The molecule has 3 unspecified atom stereocenters. The molecule has 0 radical (unpaired) electrons. The molecule has 3 atom stereocenters. The number of nitrogens with zero attached hydrogens (tertiary/aromatic N) is 2. The van der Waals surface area contributed by atoms with E-state index in [4.69, 9.17) is 5.11 Å². The largest absolute Gasteiger partial charge is 0.481 e. The third-order valence-electron chi connectivity index (χ3n) is 3.68. The molecule has 2 N–H and O–H groups in total. The van der Waals surface area contributed by atoms with E-state index in [-0.39, 0.29) is 12.5 Å². The Balaban J connectivity index is 1.86. The molecule has 0 aromatic carbocycles. The summed E-state index contributed by atoms with van der Waals surface area (Å²) in [5.41, 5.74) is 0. The summed E-state index contributed by atoms with van der Waals surface area (Å²) < 4.78 is 2.16. The Kier molecular flexibility index (Phi) is 4.36. The topological polar surface area (TPSA) is 67.2 Å². The number of carboxylic acid groups (broad SMARTS) is 1. The summed E-state index contributed by atoms with van der Waals surface area (Å²) in [7, 11) is 0. The van der Waals surface area contributed by atoms with Crippen LogP contribution in [0, 0.1) is 0 Å². The van der Waals surface area contributed by atoms with E-state index in [0.717, 1.165) is 6.42 Å². The molecule has 1 aromatic rings. The summed E-state index contributed by atoms with van der Waals surface area (Å²) in [6, 6.07) is 1.14. The van der Waals surface area contributed by atoms with Crippen LogP contribution in [-0.2, 0) is 4.79 Å². The molecule has 1 fully saturated rings. The van der Waals surface area contributed by atoms with Gasteiger partial charge in [0.25, 0.3) is 0 Å². The summed E-state index contributed by atoms with van der Waals surface area (Å²) in [6.45, 7) is 2.06. The lowest BCUT2D eigenvalue weighted by molar-refractivity contribution is -0.137. The Labute approximate surface area is 107 Å². The molecule has 2 rings (SSSR count). The molecule has 1 aliphatic rings. The Morgan fingerprint density at radius 1 is 1.61 bits per heavy atom. The van der Waals surface area contributed by atoms with E-state index in [0.29, 0.717) is 18.5 Å². The van der Waals surface area contributed by atoms with Crippen LogP contribution in [0.3, 0.4) is 0 Å². The molecule has 1 saturated carbocycles. The number of rotatable bonds is 6. The fourth-order valence-electron chi connectivity index (χ4n) is 2.75. The minimum absolute atomic E-state index is 0.233. The second kappa shape index (κ2) is 6.00. The Morgan fingerprint density at radius 3 is 3.11 bits per heavy atom. The predicted molar refractivity (Wildman–Crippen MR) is 68.4 cm³/mol. The first-order valence-corrected chi connectivity index (χ1v) is 6.62. The van der Waals surface area contributed by atoms with Crippen LogP contribution >= 0.6 is 0 Å². The lowest BCUT2D eigenvalue weighted by atomic mass is 10.1. The molecule has 100 valence electrons. The summed E-state index contributed by atoms with van der Waals surface area (Å²) >= 11 is 0. The van der Waals surface area contributed by atoms with Crippen LogP contribution in [0.15, 0.2) is 18.7 Å². The van der Waals surface area contributed by atoms with Crippen molar-refractivity contribution in [2.75, 3.05) is 0 Å². The molecule has 1 aromatic heterocycles. The molecule has 1 heterocycles. The monoisotopic (exact) mass is 251 g/mol. The predicted octanol–water partition coefficient (Wildman–Crippen LogP) is 1.82. The lowest BCUT2D eigenvalue weighted by Crippen LogP contribution is -2.39. The van der Waals surface area contributed by atoms with Crippen LogP contribution in [0.4, 0.5) is 0 Å². The molecule has 0 aliphatic heterocycles. The van der Waals surface area contributed by atoms with Crippen LogP contribution in [-0.4, -0.2) is 32.7 Å². The number of carbonyl (C=O) groups is 1. The second-order valence-electron chi connectivity index (χ2n) is 5.11. The van der Waals surface area contributed by atoms with Gasteiger partial charge in [0.15, 0.2) is 0 Å². The van der Waals surface area contributed by atoms with Crippen molar-refractivity contribution >= 4 is 5.97 Å². The fourth-order valence-corrected chi connectivity index (χ4v) is 2.75. The van der Waals surface area contributed by atoms with Gasteiger partial charge in [0.1, 0.15) is 0 Å². The van der Waals surface area contributed by atoms with Crippen molar-refractivity contribution in [3.63, 3.8) is 0 Å². The van der Waals surface area contributed by atoms with Gasteiger partial charge in [-0.1, -0.05) is 0 Å².